The van der Waals surface area contributed by atoms with Gasteiger partial charge in [0, 0.05) is 0 Å². The first-order chi connectivity index (χ1) is 5.65. The molecule has 0 radical (unpaired) electrons. The molecule has 0 N–H and O–H groups in total. The van der Waals surface area contributed by atoms with Crippen LogP contribution < -0.4 is 0 Å². The van der Waals surface area contributed by atoms with Gasteiger partial charge in [-0.15, -0.1) is 0 Å². The molecule has 0 aliphatic rings. The number of hydrogen-bond acceptors (Lipinski definition) is 1. The molecule has 0 atom stereocenters. The topological polar surface area (TPSA) is 21.4 Å². The summed E-state index contributed by atoms with van der Waals surface area (Å²) in [5, 5.41) is 0. The average molecular weight is 163 g/mol. The molecule has 0 fully saturated rings. The average Bonchev–Trinajstić information content (AvgIpc) is 2.03. The lowest BCUT2D eigenvalue weighted by Gasteiger charge is -1.97. The fourth-order valence-electron chi connectivity index (χ4n) is 0.859. The molecule has 0 saturated heterocycles. The van der Waals surface area contributed by atoms with Gasteiger partial charge in [-0.2, -0.15) is 0 Å². The Balaban J connectivity index is 3.23. The Morgan fingerprint density at radius 3 is 2.67 bits per heavy atom. The Hall–Kier alpha value is -1.69. The number of nitrogens with zero attached hydrogens (tertiary/aromatic N) is 1. The third-order valence-electron chi connectivity index (χ3n) is 1.46. The number of halogens is 1. The van der Waals surface area contributed by atoms with Gasteiger partial charge in [-0.05, 0) is 13.0 Å². The molecule has 1 rings (SSSR count). The Kier molecular flexibility index (Phi) is 2.20. The predicted molar refractivity (Wildman–Crippen MR) is 42.7 cm³/mol. The molecule has 60 valence electrons. The van der Waals surface area contributed by atoms with Gasteiger partial charge in [-0.3, -0.25) is 4.79 Å². The van der Waals surface area contributed by atoms with E-state index in [1.165, 1.54) is 19.1 Å². The minimum absolute atomic E-state index is 0.0300. The fraction of sp³-hybridized carbons (Fsp3) is 0.111. The quantitative estimate of drug-likeness (QED) is 0.460. The molecular formula is C9H6FNO. The standard InChI is InChI=1S/C9H6FNO/c1-6(12)8-4-3-7(11-2)5-9(8)10/h3-5H,1H3. The molecule has 2 nitrogen and oxygen atoms in total. The van der Waals surface area contributed by atoms with Gasteiger partial charge >= 0.3 is 0 Å². The summed E-state index contributed by atoms with van der Waals surface area (Å²) in [7, 11) is 0. The molecule has 0 aliphatic carbocycles. The number of hydrogen-bond donors (Lipinski definition) is 0. The van der Waals surface area contributed by atoms with E-state index in [0.717, 1.165) is 6.07 Å². The van der Waals surface area contributed by atoms with Crippen LogP contribution in [0.4, 0.5) is 10.1 Å². The van der Waals surface area contributed by atoms with Crippen molar-refractivity contribution in [2.45, 2.75) is 6.92 Å². The molecular weight excluding hydrogens is 157 g/mol. The van der Waals surface area contributed by atoms with E-state index in [4.69, 9.17) is 6.57 Å². The largest absolute Gasteiger partial charge is 0.294 e. The van der Waals surface area contributed by atoms with Gasteiger partial charge in [-0.25, -0.2) is 9.24 Å². The molecule has 1 aromatic carbocycles. The molecule has 0 aromatic heterocycles. The van der Waals surface area contributed by atoms with E-state index in [2.05, 4.69) is 4.85 Å². The van der Waals surface area contributed by atoms with Gasteiger partial charge in [0.05, 0.1) is 12.1 Å². The number of benzene rings is 1. The van der Waals surface area contributed by atoms with E-state index in [0.29, 0.717) is 0 Å². The number of rotatable bonds is 1. The summed E-state index contributed by atoms with van der Waals surface area (Å²) in [6, 6.07) is 3.81. The second-order valence-electron chi connectivity index (χ2n) is 2.33. The summed E-state index contributed by atoms with van der Waals surface area (Å²) in [6.45, 7) is 7.88. The molecule has 12 heavy (non-hydrogen) atoms. The van der Waals surface area contributed by atoms with Gasteiger partial charge in [0.2, 0.25) is 0 Å². The summed E-state index contributed by atoms with van der Waals surface area (Å²) < 4.78 is 12.9. The van der Waals surface area contributed by atoms with Crippen molar-refractivity contribution in [2.24, 2.45) is 0 Å². The number of carbonyl (C=O) groups excluding carboxylic acids is 1. The van der Waals surface area contributed by atoms with Crippen molar-refractivity contribution in [3.8, 4) is 0 Å². The van der Waals surface area contributed by atoms with Crippen molar-refractivity contribution in [3.63, 3.8) is 0 Å². The maximum atomic E-state index is 12.9. The van der Waals surface area contributed by atoms with E-state index >= 15 is 0 Å². The van der Waals surface area contributed by atoms with Gasteiger partial charge < -0.3 is 0 Å². The number of ketones is 1. The maximum Gasteiger partial charge on any atom is 0.190 e. The highest BCUT2D eigenvalue weighted by molar-refractivity contribution is 5.94. The SMILES string of the molecule is [C-]#[N+]c1ccc(C(C)=O)c(F)c1. The van der Waals surface area contributed by atoms with Crippen molar-refractivity contribution in [3.05, 3.63) is 41.0 Å². The first-order valence-electron chi connectivity index (χ1n) is 3.33. The zero-order valence-corrected chi connectivity index (χ0v) is 6.47. The van der Waals surface area contributed by atoms with Crippen molar-refractivity contribution < 1.29 is 9.18 Å². The highest BCUT2D eigenvalue weighted by Crippen LogP contribution is 2.17. The van der Waals surface area contributed by atoms with Crippen molar-refractivity contribution >= 4 is 11.5 Å². The summed E-state index contributed by atoms with van der Waals surface area (Å²) in [5.41, 5.74) is 0.236. The highest BCUT2D eigenvalue weighted by atomic mass is 19.1. The zero-order chi connectivity index (χ0) is 9.14. The second kappa shape index (κ2) is 3.14. The van der Waals surface area contributed by atoms with E-state index in [-0.39, 0.29) is 17.0 Å². The van der Waals surface area contributed by atoms with Crippen LogP contribution in [0.1, 0.15) is 17.3 Å². The smallest absolute Gasteiger partial charge is 0.190 e. The predicted octanol–water partition coefficient (Wildman–Crippen LogP) is 2.58. The third-order valence-corrected chi connectivity index (χ3v) is 1.46. The molecule has 0 bridgehead atoms. The van der Waals surface area contributed by atoms with Crippen molar-refractivity contribution in [1.82, 2.24) is 0 Å². The Morgan fingerprint density at radius 1 is 1.58 bits per heavy atom. The number of carbonyl (C=O) groups is 1. The van der Waals surface area contributed by atoms with Crippen LogP contribution in [0.5, 0.6) is 0 Å². The lowest BCUT2D eigenvalue weighted by molar-refractivity contribution is 0.101. The molecule has 1 aromatic rings. The van der Waals surface area contributed by atoms with E-state index in [1.807, 2.05) is 0 Å². The monoisotopic (exact) mass is 163 g/mol. The zero-order valence-electron chi connectivity index (χ0n) is 6.47. The van der Waals surface area contributed by atoms with E-state index < -0.39 is 5.82 Å². The first-order valence-corrected chi connectivity index (χ1v) is 3.33. The van der Waals surface area contributed by atoms with Crippen LogP contribution in [0.25, 0.3) is 4.85 Å². The van der Waals surface area contributed by atoms with Crippen LogP contribution >= 0.6 is 0 Å². The Bertz CT molecular complexity index is 365. The van der Waals surface area contributed by atoms with Gasteiger partial charge in [0.15, 0.2) is 11.5 Å². The van der Waals surface area contributed by atoms with Crippen LogP contribution in [0.3, 0.4) is 0 Å². The third kappa shape index (κ3) is 1.48. The van der Waals surface area contributed by atoms with Gasteiger partial charge in [0.25, 0.3) is 0 Å². The molecule has 0 amide bonds. The second-order valence-corrected chi connectivity index (χ2v) is 2.33. The molecule has 0 saturated carbocycles. The van der Waals surface area contributed by atoms with E-state index in [1.54, 1.807) is 0 Å². The van der Waals surface area contributed by atoms with Crippen molar-refractivity contribution in [1.29, 1.82) is 0 Å². The fourth-order valence-corrected chi connectivity index (χ4v) is 0.859. The molecule has 0 aliphatic heterocycles. The van der Waals surface area contributed by atoms with Gasteiger partial charge in [0.1, 0.15) is 5.82 Å². The van der Waals surface area contributed by atoms with Crippen LogP contribution in [-0.2, 0) is 0 Å². The Morgan fingerprint density at radius 2 is 2.25 bits per heavy atom. The molecule has 0 unspecified atom stereocenters. The number of Topliss-reactive ketones (excluding diaryl/α,β-unsaturated/α-hetero) is 1. The minimum atomic E-state index is -0.629. The van der Waals surface area contributed by atoms with Crippen LogP contribution in [-0.4, -0.2) is 5.78 Å². The normalized spacial score (nSPS) is 9.08. The van der Waals surface area contributed by atoms with Crippen molar-refractivity contribution in [2.75, 3.05) is 0 Å². The van der Waals surface area contributed by atoms with Crippen LogP contribution in [0, 0.1) is 12.4 Å². The summed E-state index contributed by atoms with van der Waals surface area (Å²) >= 11 is 0. The highest BCUT2D eigenvalue weighted by Gasteiger charge is 2.06. The van der Waals surface area contributed by atoms with Crippen LogP contribution in [0.15, 0.2) is 18.2 Å². The van der Waals surface area contributed by atoms with Gasteiger partial charge in [-0.1, -0.05) is 12.1 Å². The summed E-state index contributed by atoms with van der Waals surface area (Å²) in [5.74, 6) is -0.958. The molecule has 3 heteroatoms. The van der Waals surface area contributed by atoms with Crippen LogP contribution in [0.2, 0.25) is 0 Å². The Labute approximate surface area is 69.5 Å². The summed E-state index contributed by atoms with van der Waals surface area (Å²) in [6.07, 6.45) is 0. The van der Waals surface area contributed by atoms with E-state index in [9.17, 15) is 9.18 Å². The lowest BCUT2D eigenvalue weighted by Crippen LogP contribution is -1.95. The molecule has 0 heterocycles. The molecule has 0 spiro atoms. The maximum absolute atomic E-state index is 12.9. The minimum Gasteiger partial charge on any atom is -0.294 e. The summed E-state index contributed by atoms with van der Waals surface area (Å²) in [4.78, 5) is 13.8. The lowest BCUT2D eigenvalue weighted by atomic mass is 10.1. The first kappa shape index (κ1) is 8.41.